The highest BCUT2D eigenvalue weighted by molar-refractivity contribution is 5.88. The van der Waals surface area contributed by atoms with Gasteiger partial charge in [-0.05, 0) is 50.1 Å². The smallest absolute Gasteiger partial charge is 0.124 e. The van der Waals surface area contributed by atoms with Gasteiger partial charge in [-0.2, -0.15) is 0 Å². The average Bonchev–Trinajstić information content (AvgIpc) is 2.81. The zero-order valence-corrected chi connectivity index (χ0v) is 17.6. The van der Waals surface area contributed by atoms with Crippen molar-refractivity contribution in [2.75, 3.05) is 29.0 Å². The number of nitrogens with one attached hydrogen (secondary N) is 3. The number of hydrogen-bond donors (Lipinski definition) is 5. The Morgan fingerprint density at radius 2 is 1.90 bits per heavy atom. The second kappa shape index (κ2) is 11.1. The van der Waals surface area contributed by atoms with Gasteiger partial charge in [0.25, 0.3) is 0 Å². The maximum Gasteiger partial charge on any atom is 0.124 e. The lowest BCUT2D eigenvalue weighted by atomic mass is 10.1. The molecule has 166 valence electrons. The van der Waals surface area contributed by atoms with Gasteiger partial charge in [0.15, 0.2) is 0 Å². The standard InChI is InChI=1S/C12H13N5.C11H16N2O.2H2/c1-8-4-10(2-3-15-8)17-11-7-16-12(14)5-9(11)6-13;14-12-10-6-8-13(9-7-10)11-4-2-1-3-5-11;;/h2-7,13H,1H3,(H2,14,16)(H,15,17);1-5,10,12,14H,6-9H2;2*1H. The van der Waals surface area contributed by atoms with Gasteiger partial charge in [0, 0.05) is 57.0 Å². The number of pyridine rings is 2. The summed E-state index contributed by atoms with van der Waals surface area (Å²) in [7, 11) is 0. The first kappa shape index (κ1) is 22.2. The fraction of sp³-hybridized carbons (Fsp3) is 0.261. The molecule has 3 aromatic rings. The van der Waals surface area contributed by atoms with Gasteiger partial charge in [-0.3, -0.25) is 4.98 Å². The van der Waals surface area contributed by atoms with Crippen molar-refractivity contribution < 1.29 is 8.06 Å². The molecule has 4 rings (SSSR count). The molecule has 1 aliphatic rings. The van der Waals surface area contributed by atoms with Gasteiger partial charge in [-0.25, -0.2) is 10.5 Å². The van der Waals surface area contributed by atoms with E-state index in [1.165, 1.54) is 11.9 Å². The van der Waals surface area contributed by atoms with Gasteiger partial charge in [0.2, 0.25) is 0 Å². The topological polar surface area (TPSA) is 123 Å². The van der Waals surface area contributed by atoms with E-state index in [1.807, 2.05) is 25.1 Å². The van der Waals surface area contributed by atoms with Crippen LogP contribution in [0.25, 0.3) is 0 Å². The van der Waals surface area contributed by atoms with Gasteiger partial charge in [-0.1, -0.05) is 18.2 Å². The zero-order chi connectivity index (χ0) is 22.1. The number of nitrogen functional groups attached to an aromatic ring is 1. The Bertz CT molecular complexity index is 984. The molecule has 0 radical (unpaired) electrons. The van der Waals surface area contributed by atoms with E-state index in [-0.39, 0.29) is 8.90 Å². The van der Waals surface area contributed by atoms with Crippen LogP contribution in [0.15, 0.2) is 60.9 Å². The molecule has 0 amide bonds. The third-order valence-electron chi connectivity index (χ3n) is 5.09. The minimum absolute atomic E-state index is 0. The molecule has 0 atom stereocenters. The molecule has 0 spiro atoms. The Hall–Kier alpha value is -3.49. The van der Waals surface area contributed by atoms with E-state index < -0.39 is 0 Å². The Morgan fingerprint density at radius 3 is 2.55 bits per heavy atom. The minimum atomic E-state index is 0. The maximum absolute atomic E-state index is 8.78. The quantitative estimate of drug-likeness (QED) is 0.307. The molecular weight excluding hydrogens is 390 g/mol. The lowest BCUT2D eigenvalue weighted by Gasteiger charge is -2.32. The van der Waals surface area contributed by atoms with Crippen molar-refractivity contribution in [1.82, 2.24) is 15.4 Å². The van der Waals surface area contributed by atoms with Gasteiger partial charge in [0.1, 0.15) is 5.82 Å². The predicted octanol–water partition coefficient (Wildman–Crippen LogP) is 4.23. The Balaban J connectivity index is 0.000000316. The molecule has 3 heterocycles. The van der Waals surface area contributed by atoms with Crippen molar-refractivity contribution >= 4 is 29.1 Å². The highest BCUT2D eigenvalue weighted by Crippen LogP contribution is 2.20. The molecule has 31 heavy (non-hydrogen) atoms. The molecule has 1 aromatic carbocycles. The number of aryl methyl sites for hydroxylation is 1. The number of hydrogen-bond acceptors (Lipinski definition) is 8. The highest BCUT2D eigenvalue weighted by atomic mass is 16.5. The Labute approximate surface area is 185 Å². The number of para-hydroxylation sites is 1. The van der Waals surface area contributed by atoms with Crippen LogP contribution in [-0.4, -0.2) is 40.5 Å². The average molecular weight is 424 g/mol. The number of anilines is 4. The Kier molecular flexibility index (Phi) is 7.91. The van der Waals surface area contributed by atoms with Crippen LogP contribution in [0.5, 0.6) is 0 Å². The summed E-state index contributed by atoms with van der Waals surface area (Å²) in [4.78, 5) is 10.5. The van der Waals surface area contributed by atoms with Crippen LogP contribution >= 0.6 is 0 Å². The van der Waals surface area contributed by atoms with Crippen LogP contribution in [0.1, 0.15) is 27.0 Å². The van der Waals surface area contributed by atoms with E-state index in [2.05, 4.69) is 49.9 Å². The summed E-state index contributed by atoms with van der Waals surface area (Å²) >= 11 is 0. The van der Waals surface area contributed by atoms with E-state index in [1.54, 1.807) is 18.5 Å². The summed E-state index contributed by atoms with van der Waals surface area (Å²) < 4.78 is 0. The molecule has 0 saturated carbocycles. The summed E-state index contributed by atoms with van der Waals surface area (Å²) in [5, 5.41) is 19.3. The fourth-order valence-corrected chi connectivity index (χ4v) is 3.40. The van der Waals surface area contributed by atoms with E-state index in [4.69, 9.17) is 16.4 Å². The predicted molar refractivity (Wildman–Crippen MR) is 130 cm³/mol. The van der Waals surface area contributed by atoms with Crippen LogP contribution in [0, 0.1) is 12.3 Å². The Morgan fingerprint density at radius 1 is 1.16 bits per heavy atom. The van der Waals surface area contributed by atoms with E-state index in [0.717, 1.165) is 43.0 Å². The third kappa shape index (κ3) is 6.50. The highest BCUT2D eigenvalue weighted by Gasteiger charge is 2.18. The van der Waals surface area contributed by atoms with Crippen LogP contribution in [0.3, 0.4) is 0 Å². The molecule has 8 nitrogen and oxygen atoms in total. The molecule has 0 aliphatic carbocycles. The van der Waals surface area contributed by atoms with Gasteiger partial charge >= 0.3 is 0 Å². The van der Waals surface area contributed by atoms with E-state index >= 15 is 0 Å². The molecule has 0 bridgehead atoms. The zero-order valence-electron chi connectivity index (χ0n) is 17.6. The lowest BCUT2D eigenvalue weighted by Crippen LogP contribution is -2.41. The van der Waals surface area contributed by atoms with Crippen molar-refractivity contribution in [3.8, 4) is 0 Å². The van der Waals surface area contributed by atoms with Crippen molar-refractivity contribution in [3.05, 3.63) is 72.2 Å². The first-order valence-corrected chi connectivity index (χ1v) is 10.2. The fourth-order valence-electron chi connectivity index (χ4n) is 3.40. The van der Waals surface area contributed by atoms with Crippen molar-refractivity contribution in [2.24, 2.45) is 0 Å². The van der Waals surface area contributed by atoms with Gasteiger partial charge in [0.05, 0.1) is 11.9 Å². The van der Waals surface area contributed by atoms with Crippen LogP contribution < -0.4 is 21.4 Å². The molecule has 6 N–H and O–H groups in total. The summed E-state index contributed by atoms with van der Waals surface area (Å²) in [6.07, 6.45) is 6.60. The number of rotatable bonds is 5. The number of aromatic nitrogens is 2. The number of piperidine rings is 1. The number of hydroxylamine groups is 1. The molecule has 1 saturated heterocycles. The molecule has 1 aliphatic heterocycles. The normalized spacial score (nSPS) is 13.8. The number of nitrogens with two attached hydrogens (primary N) is 1. The van der Waals surface area contributed by atoms with Gasteiger partial charge < -0.3 is 26.6 Å². The summed E-state index contributed by atoms with van der Waals surface area (Å²) in [5.74, 6) is 0.403. The van der Waals surface area contributed by atoms with E-state index in [0.29, 0.717) is 11.4 Å². The van der Waals surface area contributed by atoms with Crippen LogP contribution in [-0.2, 0) is 0 Å². The number of nitrogens with zero attached hydrogens (tertiary/aromatic N) is 3. The number of benzene rings is 1. The SMILES string of the molecule is Cc1cc(Nc2cnc(N)cc2C=N)ccn1.ONC1CCN(c2ccccc2)CC1.[HH].[HH]. The molecule has 1 fully saturated rings. The first-order chi connectivity index (χ1) is 15.1. The van der Waals surface area contributed by atoms with E-state index in [9.17, 15) is 0 Å². The first-order valence-electron chi connectivity index (χ1n) is 10.2. The summed E-state index contributed by atoms with van der Waals surface area (Å²) in [5.41, 5.74) is 12.5. The largest absolute Gasteiger partial charge is 0.384 e. The molecule has 8 heteroatoms. The maximum atomic E-state index is 8.78. The molecule has 0 unspecified atom stereocenters. The second-order valence-corrected chi connectivity index (χ2v) is 7.38. The van der Waals surface area contributed by atoms with Crippen LogP contribution in [0.2, 0.25) is 0 Å². The molecular formula is C23H33N7O. The minimum Gasteiger partial charge on any atom is -0.384 e. The van der Waals surface area contributed by atoms with Crippen LogP contribution in [0.4, 0.5) is 22.9 Å². The monoisotopic (exact) mass is 423 g/mol. The van der Waals surface area contributed by atoms with Crippen molar-refractivity contribution in [2.45, 2.75) is 25.8 Å². The van der Waals surface area contributed by atoms with Crippen molar-refractivity contribution in [1.29, 1.82) is 5.41 Å². The van der Waals surface area contributed by atoms with Gasteiger partial charge in [-0.15, -0.1) is 0 Å². The van der Waals surface area contributed by atoms with Crippen molar-refractivity contribution in [3.63, 3.8) is 0 Å². The summed E-state index contributed by atoms with van der Waals surface area (Å²) in [6.45, 7) is 3.95. The lowest BCUT2D eigenvalue weighted by molar-refractivity contribution is 0.113. The second-order valence-electron chi connectivity index (χ2n) is 7.38. The summed E-state index contributed by atoms with van der Waals surface area (Å²) in [6, 6.07) is 16.1. The molecule has 2 aromatic heterocycles. The third-order valence-corrected chi connectivity index (χ3v) is 5.09.